The zero-order chi connectivity index (χ0) is 12.5. The molecule has 1 rings (SSSR count). The quantitative estimate of drug-likeness (QED) is 0.637. The van der Waals surface area contributed by atoms with Crippen molar-refractivity contribution in [2.45, 2.75) is 4.71 Å². The van der Waals surface area contributed by atoms with E-state index in [1.807, 2.05) is 0 Å². The number of ketones is 1. The highest BCUT2D eigenvalue weighted by molar-refractivity contribution is 7.93. The molecule has 0 saturated heterocycles. The van der Waals surface area contributed by atoms with Gasteiger partial charge < -0.3 is 0 Å². The second-order valence-corrected chi connectivity index (χ2v) is 6.80. The molecule has 0 heterocycles. The Morgan fingerprint density at radius 1 is 1.31 bits per heavy atom. The molecule has 0 aliphatic carbocycles. The van der Waals surface area contributed by atoms with E-state index in [-0.39, 0.29) is 10.6 Å². The largest absolute Gasteiger partial charge is 0.291 e. The molecule has 0 fully saturated rings. The minimum Gasteiger partial charge on any atom is -0.291 e. The van der Waals surface area contributed by atoms with Gasteiger partial charge in [-0.1, -0.05) is 34.8 Å². The van der Waals surface area contributed by atoms with Crippen LogP contribution in [0.3, 0.4) is 0 Å². The van der Waals surface area contributed by atoms with Gasteiger partial charge in [-0.25, -0.2) is 8.42 Å². The number of halogens is 3. The molecule has 0 radical (unpaired) electrons. The first-order chi connectivity index (χ1) is 7.23. The van der Waals surface area contributed by atoms with Crippen molar-refractivity contribution in [3.63, 3.8) is 0 Å². The first kappa shape index (κ1) is 13.8. The van der Waals surface area contributed by atoms with E-state index in [1.165, 1.54) is 18.2 Å². The van der Waals surface area contributed by atoms with Crippen LogP contribution in [-0.4, -0.2) is 25.2 Å². The van der Waals surface area contributed by atoms with Gasteiger partial charge in [-0.15, -0.1) is 0 Å². The number of sulfone groups is 1. The molecule has 1 atom stereocenters. The molecule has 0 bridgehead atoms. The molecule has 0 unspecified atom stereocenters. The van der Waals surface area contributed by atoms with Crippen LogP contribution in [0.1, 0.15) is 10.4 Å². The van der Waals surface area contributed by atoms with Crippen LogP contribution in [0.25, 0.3) is 0 Å². The monoisotopic (exact) mass is 300 g/mol. The highest BCUT2D eigenvalue weighted by Crippen LogP contribution is 2.24. The zero-order valence-electron chi connectivity index (χ0n) is 8.08. The number of benzene rings is 1. The first-order valence-electron chi connectivity index (χ1n) is 4.05. The van der Waals surface area contributed by atoms with Gasteiger partial charge in [0.1, 0.15) is 0 Å². The van der Waals surface area contributed by atoms with Gasteiger partial charge in [-0.2, -0.15) is 0 Å². The third-order valence-electron chi connectivity index (χ3n) is 1.78. The van der Waals surface area contributed by atoms with E-state index >= 15 is 0 Å². The topological polar surface area (TPSA) is 51.2 Å². The van der Waals surface area contributed by atoms with Crippen LogP contribution in [0.15, 0.2) is 18.2 Å². The molecular weight excluding hydrogens is 295 g/mol. The van der Waals surface area contributed by atoms with E-state index in [0.29, 0.717) is 5.02 Å². The Morgan fingerprint density at radius 2 is 1.88 bits per heavy atom. The summed E-state index contributed by atoms with van der Waals surface area (Å²) in [7, 11) is -3.65. The van der Waals surface area contributed by atoms with Gasteiger partial charge in [-0.05, 0) is 18.2 Å². The van der Waals surface area contributed by atoms with E-state index in [0.717, 1.165) is 6.26 Å². The van der Waals surface area contributed by atoms with Crippen LogP contribution in [0, 0.1) is 0 Å². The van der Waals surface area contributed by atoms with Gasteiger partial charge >= 0.3 is 0 Å². The number of hydrogen-bond acceptors (Lipinski definition) is 3. The summed E-state index contributed by atoms with van der Waals surface area (Å²) >= 11 is 16.9. The number of rotatable bonds is 3. The minimum absolute atomic E-state index is 0.0384. The number of Topliss-reactive ketones (excluding diaryl/α,β-unsaturated/α-hetero) is 1. The van der Waals surface area contributed by atoms with Gasteiger partial charge in [0.15, 0.2) is 20.3 Å². The summed E-state index contributed by atoms with van der Waals surface area (Å²) < 4.78 is 20.6. The predicted molar refractivity (Wildman–Crippen MR) is 65.3 cm³/mol. The summed E-state index contributed by atoms with van der Waals surface area (Å²) in [6.45, 7) is 0. The molecule has 1 aromatic carbocycles. The lowest BCUT2D eigenvalue weighted by atomic mass is 10.1. The second kappa shape index (κ2) is 4.92. The fraction of sp³-hybridized carbons (Fsp3) is 0.222. The van der Waals surface area contributed by atoms with E-state index in [9.17, 15) is 13.2 Å². The molecule has 0 aromatic heterocycles. The fourth-order valence-corrected chi connectivity index (χ4v) is 2.14. The number of hydrogen-bond donors (Lipinski definition) is 0. The van der Waals surface area contributed by atoms with Crippen molar-refractivity contribution in [2.75, 3.05) is 6.26 Å². The molecular formula is C9H7Cl3O3S. The smallest absolute Gasteiger partial charge is 0.197 e. The van der Waals surface area contributed by atoms with Crippen molar-refractivity contribution >= 4 is 50.4 Å². The van der Waals surface area contributed by atoms with E-state index in [4.69, 9.17) is 34.8 Å². The van der Waals surface area contributed by atoms with Crippen molar-refractivity contribution in [1.29, 1.82) is 0 Å². The predicted octanol–water partition coefficient (Wildman–Crippen LogP) is 2.79. The summed E-state index contributed by atoms with van der Waals surface area (Å²) in [5, 5.41) is 0.429. The summed E-state index contributed by atoms with van der Waals surface area (Å²) in [5.74, 6) is -0.758. The number of alkyl halides is 1. The van der Waals surface area contributed by atoms with Crippen molar-refractivity contribution < 1.29 is 13.2 Å². The Kier molecular flexibility index (Phi) is 4.23. The Labute approximate surface area is 108 Å². The molecule has 0 saturated carbocycles. The lowest BCUT2D eigenvalue weighted by Crippen LogP contribution is -2.24. The maximum atomic E-state index is 11.7. The van der Waals surface area contributed by atoms with Gasteiger partial charge in [0.05, 0.1) is 5.02 Å². The zero-order valence-corrected chi connectivity index (χ0v) is 11.2. The summed E-state index contributed by atoms with van der Waals surface area (Å²) in [6.07, 6.45) is 0.881. The summed E-state index contributed by atoms with van der Waals surface area (Å²) in [5.41, 5.74) is 0.0384. The number of carbonyl (C=O) groups excluding carboxylic acids is 1. The van der Waals surface area contributed by atoms with Crippen molar-refractivity contribution in [3.05, 3.63) is 33.8 Å². The molecule has 1 aromatic rings. The van der Waals surface area contributed by atoms with Crippen molar-refractivity contribution in [1.82, 2.24) is 0 Å². The van der Waals surface area contributed by atoms with Crippen LogP contribution in [-0.2, 0) is 9.84 Å². The Hall–Kier alpha value is -0.290. The Bertz CT molecular complexity index is 525. The van der Waals surface area contributed by atoms with E-state index in [2.05, 4.69) is 0 Å². The Balaban J connectivity index is 3.16. The molecule has 0 amide bonds. The normalized spacial score (nSPS) is 13.5. The molecule has 0 spiro atoms. The third kappa shape index (κ3) is 3.10. The van der Waals surface area contributed by atoms with E-state index < -0.39 is 20.3 Å². The Morgan fingerprint density at radius 3 is 2.31 bits per heavy atom. The molecule has 16 heavy (non-hydrogen) atoms. The van der Waals surface area contributed by atoms with Gasteiger partial charge in [0, 0.05) is 16.8 Å². The molecule has 3 nitrogen and oxygen atoms in total. The number of carbonyl (C=O) groups is 1. The standard InChI is InChI=1S/C9H7Cl3O3S/c1-16(14,15)9(12)8(13)6-3-2-5(10)4-7(6)11/h2-4,9H,1H3/t9-/m0/s1. The van der Waals surface area contributed by atoms with Crippen molar-refractivity contribution in [3.8, 4) is 0 Å². The summed E-state index contributed by atoms with van der Waals surface area (Å²) in [4.78, 5) is 11.7. The maximum absolute atomic E-state index is 11.7. The molecule has 7 heteroatoms. The average molecular weight is 302 g/mol. The SMILES string of the molecule is CS(=O)(=O)[C@H](Cl)C(=O)c1ccc(Cl)cc1Cl. The molecule has 0 aliphatic rings. The molecule has 0 aliphatic heterocycles. The molecule has 88 valence electrons. The summed E-state index contributed by atoms with van der Waals surface area (Å²) in [6, 6.07) is 4.13. The van der Waals surface area contributed by atoms with Gasteiger partial charge in [-0.3, -0.25) is 4.79 Å². The maximum Gasteiger partial charge on any atom is 0.197 e. The van der Waals surface area contributed by atoms with Crippen LogP contribution >= 0.6 is 34.8 Å². The van der Waals surface area contributed by atoms with Crippen LogP contribution < -0.4 is 0 Å². The van der Waals surface area contributed by atoms with E-state index in [1.54, 1.807) is 0 Å². The molecule has 0 N–H and O–H groups in total. The van der Waals surface area contributed by atoms with Crippen LogP contribution in [0.4, 0.5) is 0 Å². The highest BCUT2D eigenvalue weighted by atomic mass is 35.5. The van der Waals surface area contributed by atoms with Gasteiger partial charge in [0.25, 0.3) is 0 Å². The first-order valence-corrected chi connectivity index (χ1v) is 7.20. The highest BCUT2D eigenvalue weighted by Gasteiger charge is 2.28. The van der Waals surface area contributed by atoms with Crippen LogP contribution in [0.2, 0.25) is 10.0 Å². The lowest BCUT2D eigenvalue weighted by molar-refractivity contribution is 0.101. The van der Waals surface area contributed by atoms with Crippen molar-refractivity contribution in [2.24, 2.45) is 0 Å². The average Bonchev–Trinajstić information content (AvgIpc) is 2.14. The van der Waals surface area contributed by atoms with Gasteiger partial charge in [0.2, 0.25) is 0 Å². The lowest BCUT2D eigenvalue weighted by Gasteiger charge is -2.07. The fourth-order valence-electron chi connectivity index (χ4n) is 1.01. The second-order valence-electron chi connectivity index (χ2n) is 3.13. The van der Waals surface area contributed by atoms with Crippen LogP contribution in [0.5, 0.6) is 0 Å². The third-order valence-corrected chi connectivity index (χ3v) is 4.46. The minimum atomic E-state index is -3.65.